The maximum Gasteiger partial charge on any atom is 0.695 e. The summed E-state index contributed by atoms with van der Waals surface area (Å²) in [6.45, 7) is -0.705. The van der Waals surface area contributed by atoms with Gasteiger partial charge in [-0.05, 0) is 12.1 Å². The van der Waals surface area contributed by atoms with Crippen molar-refractivity contribution in [1.82, 2.24) is 0 Å². The summed E-state index contributed by atoms with van der Waals surface area (Å²) < 4.78 is 27.4. The van der Waals surface area contributed by atoms with Crippen LogP contribution in [0.4, 0.5) is 10.1 Å². The van der Waals surface area contributed by atoms with Crippen LogP contribution in [0.5, 0.6) is 0 Å². The molecule has 0 aliphatic carbocycles. The van der Waals surface area contributed by atoms with Crippen molar-refractivity contribution >= 4 is 19.7 Å². The number of Topliss-reactive ketones (excluding diaryl/α,β-unsaturated/α-hetero) is 1. The lowest BCUT2D eigenvalue weighted by atomic mass is 10.1. The summed E-state index contributed by atoms with van der Waals surface area (Å²) in [6.07, 6.45) is 0. The fourth-order valence-electron chi connectivity index (χ4n) is 1.03. The summed E-state index contributed by atoms with van der Waals surface area (Å²) in [5.74, 6) is -1.91. The number of hydrogen-bond acceptors (Lipinski definition) is 5. The van der Waals surface area contributed by atoms with E-state index in [1.165, 1.54) is 0 Å². The van der Waals surface area contributed by atoms with Gasteiger partial charge in [0.1, 0.15) is 0 Å². The monoisotopic (exact) mass is 262 g/mol. The number of nitrogens with zero attached hydrogens (tertiary/aromatic N) is 1. The van der Waals surface area contributed by atoms with Gasteiger partial charge in [0.2, 0.25) is 5.82 Å². The van der Waals surface area contributed by atoms with Gasteiger partial charge in [0.15, 0.2) is 12.4 Å². The van der Waals surface area contributed by atoms with Gasteiger partial charge in [-0.3, -0.25) is 14.9 Å². The van der Waals surface area contributed by atoms with Crippen LogP contribution in [0.3, 0.4) is 0 Å². The Hall–Kier alpha value is -1.76. The Balaban J connectivity index is 2.86. The van der Waals surface area contributed by atoms with Crippen molar-refractivity contribution in [3.63, 3.8) is 0 Å². The molecule has 1 unspecified atom stereocenters. The second-order valence-corrected chi connectivity index (χ2v) is 3.59. The molecule has 1 rings (SSSR count). The molecule has 0 fully saturated rings. The number of halogens is 1. The fraction of sp³-hybridized carbons (Fsp3) is 0.125. The Labute approximate surface area is 94.9 Å². The predicted molar refractivity (Wildman–Crippen MR) is 53.2 cm³/mol. The topological polar surface area (TPSA) is 107 Å². The molecule has 0 bridgehead atoms. The highest BCUT2D eigenvalue weighted by Gasteiger charge is 2.20. The number of hydrogen-bond donors (Lipinski definition) is 1. The van der Waals surface area contributed by atoms with Crippen LogP contribution in [-0.4, -0.2) is 22.2 Å². The maximum absolute atomic E-state index is 13.1. The van der Waals surface area contributed by atoms with Crippen molar-refractivity contribution in [1.29, 1.82) is 0 Å². The molecule has 0 heterocycles. The van der Waals surface area contributed by atoms with Crippen molar-refractivity contribution in [2.45, 2.75) is 0 Å². The zero-order valence-electron chi connectivity index (χ0n) is 8.20. The first-order chi connectivity index (χ1) is 7.91. The van der Waals surface area contributed by atoms with Gasteiger partial charge in [-0.25, -0.2) is 0 Å². The van der Waals surface area contributed by atoms with E-state index in [1.807, 2.05) is 0 Å². The Morgan fingerprint density at radius 1 is 1.59 bits per heavy atom. The first-order valence-corrected chi connectivity index (χ1v) is 5.31. The van der Waals surface area contributed by atoms with Crippen molar-refractivity contribution in [3.05, 3.63) is 39.7 Å². The van der Waals surface area contributed by atoms with Crippen LogP contribution < -0.4 is 0 Å². The molecule has 0 radical (unpaired) electrons. The zero-order valence-corrected chi connectivity index (χ0v) is 9.09. The molecule has 1 N–H and O–H groups in total. The van der Waals surface area contributed by atoms with Gasteiger partial charge in [-0.2, -0.15) is 4.39 Å². The Bertz CT molecular complexity index is 491. The molecule has 0 amide bonds. The molecule has 0 saturated heterocycles. The largest absolute Gasteiger partial charge is 0.695 e. The van der Waals surface area contributed by atoms with E-state index in [0.717, 1.165) is 12.1 Å². The lowest BCUT2D eigenvalue weighted by molar-refractivity contribution is -0.387. The van der Waals surface area contributed by atoms with Gasteiger partial charge in [-0.15, -0.1) is 9.42 Å². The third-order valence-corrected chi connectivity index (χ3v) is 2.12. The number of nitro groups is 1. The molecule has 90 valence electrons. The van der Waals surface area contributed by atoms with Crippen molar-refractivity contribution < 1.29 is 28.1 Å². The van der Waals surface area contributed by atoms with E-state index in [4.69, 9.17) is 4.89 Å². The number of carbonyl (C=O) groups is 1. The molecule has 17 heavy (non-hydrogen) atoms. The molecule has 1 atom stereocenters. The van der Waals surface area contributed by atoms with E-state index < -0.39 is 37.1 Å². The maximum atomic E-state index is 13.1. The van der Waals surface area contributed by atoms with Gasteiger partial charge in [-0.1, -0.05) is 0 Å². The molecule has 0 saturated carbocycles. The zero-order chi connectivity index (χ0) is 13.0. The van der Waals surface area contributed by atoms with E-state index in [9.17, 15) is 23.9 Å². The fourth-order valence-corrected chi connectivity index (χ4v) is 1.25. The van der Waals surface area contributed by atoms with Crippen LogP contribution >= 0.6 is 8.25 Å². The number of carbonyl (C=O) groups excluding carboxylic acids is 1. The van der Waals surface area contributed by atoms with Crippen molar-refractivity contribution in [3.8, 4) is 0 Å². The van der Waals surface area contributed by atoms with Gasteiger partial charge >= 0.3 is 13.9 Å². The molecule has 0 spiro atoms. The van der Waals surface area contributed by atoms with Crippen molar-refractivity contribution in [2.24, 2.45) is 0 Å². The minimum Gasteiger partial charge on any atom is -0.291 e. The van der Waals surface area contributed by atoms with Gasteiger partial charge in [0.25, 0.3) is 0 Å². The first-order valence-electron chi connectivity index (χ1n) is 4.18. The Morgan fingerprint density at radius 3 is 2.71 bits per heavy atom. The van der Waals surface area contributed by atoms with Gasteiger partial charge in [0, 0.05) is 16.2 Å². The van der Waals surface area contributed by atoms with Gasteiger partial charge < -0.3 is 0 Å². The van der Waals surface area contributed by atoms with Crippen LogP contribution in [0.2, 0.25) is 0 Å². The summed E-state index contributed by atoms with van der Waals surface area (Å²) >= 11 is 0. The highest BCUT2D eigenvalue weighted by Crippen LogP contribution is 2.19. The minimum atomic E-state index is -2.92. The predicted octanol–water partition coefficient (Wildman–Crippen LogP) is 1.58. The van der Waals surface area contributed by atoms with Crippen LogP contribution in [0.25, 0.3) is 0 Å². The standard InChI is InChI=1S/C8H5FNO6P/c9-6-3-5(1-2-7(6)10(12)13)8(11)4-16-17(14)15/h1-3H,4H2/p+1. The van der Waals surface area contributed by atoms with E-state index in [-0.39, 0.29) is 5.56 Å². The van der Waals surface area contributed by atoms with E-state index in [1.54, 1.807) is 0 Å². The third kappa shape index (κ3) is 3.63. The lowest BCUT2D eigenvalue weighted by Crippen LogP contribution is -2.07. The molecule has 0 aliphatic heterocycles. The van der Waals surface area contributed by atoms with Crippen LogP contribution in [0.15, 0.2) is 18.2 Å². The number of rotatable bonds is 5. The summed E-state index contributed by atoms with van der Waals surface area (Å²) in [4.78, 5) is 28.9. The van der Waals surface area contributed by atoms with Crippen LogP contribution in [0, 0.1) is 15.9 Å². The molecule has 7 nitrogen and oxygen atoms in total. The average molecular weight is 262 g/mol. The van der Waals surface area contributed by atoms with E-state index in [0.29, 0.717) is 6.07 Å². The second kappa shape index (κ2) is 5.53. The highest BCUT2D eigenvalue weighted by atomic mass is 31.1. The lowest BCUT2D eigenvalue weighted by Gasteiger charge is -1.98. The second-order valence-electron chi connectivity index (χ2n) is 2.86. The minimum absolute atomic E-state index is 0.176. The number of nitro benzene ring substituents is 1. The number of benzene rings is 1. The molecule has 1 aromatic rings. The smallest absolute Gasteiger partial charge is 0.291 e. The van der Waals surface area contributed by atoms with Crippen LogP contribution in [0.1, 0.15) is 10.4 Å². The summed E-state index contributed by atoms with van der Waals surface area (Å²) in [6, 6.07) is 2.55. The third-order valence-electron chi connectivity index (χ3n) is 1.77. The molecule has 0 aromatic heterocycles. The molecular weight excluding hydrogens is 256 g/mol. The quantitative estimate of drug-likeness (QED) is 0.373. The van der Waals surface area contributed by atoms with Crippen LogP contribution in [-0.2, 0) is 9.09 Å². The molecular formula is C8H6FNO6P+. The molecule has 0 aliphatic rings. The molecule has 1 aromatic carbocycles. The number of ketones is 1. The summed E-state index contributed by atoms with van der Waals surface area (Å²) in [7, 11) is -2.92. The first kappa shape index (κ1) is 13.3. The Kier molecular flexibility index (Phi) is 4.33. The van der Waals surface area contributed by atoms with E-state index in [2.05, 4.69) is 4.52 Å². The normalized spacial score (nSPS) is 11.1. The summed E-state index contributed by atoms with van der Waals surface area (Å²) in [5.41, 5.74) is -0.930. The summed E-state index contributed by atoms with van der Waals surface area (Å²) in [5, 5.41) is 10.3. The highest BCUT2D eigenvalue weighted by molar-refractivity contribution is 7.32. The Morgan fingerprint density at radius 2 is 2.24 bits per heavy atom. The van der Waals surface area contributed by atoms with Crippen molar-refractivity contribution in [2.75, 3.05) is 6.61 Å². The van der Waals surface area contributed by atoms with Gasteiger partial charge in [0.05, 0.1) is 4.92 Å². The average Bonchev–Trinajstić information content (AvgIpc) is 2.25. The molecule has 9 heteroatoms. The van der Waals surface area contributed by atoms with E-state index >= 15 is 0 Å². The SMILES string of the molecule is O=C(CO[P+](=O)O)c1ccc([N+](=O)[O-])c(F)c1.